The Balaban J connectivity index is 2.28. The number of carbonyl (C=O) groups is 2. The van der Waals surface area contributed by atoms with Crippen molar-refractivity contribution in [3.8, 4) is 6.07 Å². The van der Waals surface area contributed by atoms with Crippen molar-refractivity contribution < 1.29 is 40.7 Å². The third-order valence-corrected chi connectivity index (χ3v) is 6.17. The molecule has 0 saturated heterocycles. The molecule has 2 amide bonds. The number of aromatic nitrogens is 1. The first kappa shape index (κ1) is 25.7. The second-order valence-electron chi connectivity index (χ2n) is 6.91. The van der Waals surface area contributed by atoms with Crippen molar-refractivity contribution in [3.63, 3.8) is 0 Å². The summed E-state index contributed by atoms with van der Waals surface area (Å²) in [5.74, 6) is -5.35. The summed E-state index contributed by atoms with van der Waals surface area (Å²) >= 11 is 0. The van der Waals surface area contributed by atoms with Crippen LogP contribution < -0.4 is 10.6 Å². The van der Waals surface area contributed by atoms with Gasteiger partial charge in [0.05, 0.1) is 21.8 Å². The molecule has 0 bridgehead atoms. The van der Waals surface area contributed by atoms with Crippen LogP contribution in [0.1, 0.15) is 28.5 Å². The van der Waals surface area contributed by atoms with Crippen LogP contribution in [0.15, 0.2) is 35.2 Å². The van der Waals surface area contributed by atoms with Gasteiger partial charge in [-0.25, -0.2) is 17.8 Å². The van der Waals surface area contributed by atoms with Crippen LogP contribution in [0.2, 0.25) is 0 Å². The summed E-state index contributed by atoms with van der Waals surface area (Å²) < 4.78 is 78.3. The van der Waals surface area contributed by atoms with E-state index in [2.05, 4.69) is 10.3 Å². The molecule has 14 heteroatoms. The molecule has 1 atom stereocenters. The molecule has 1 heterocycles. The van der Waals surface area contributed by atoms with Crippen LogP contribution in [0, 0.1) is 17.1 Å². The zero-order chi connectivity index (χ0) is 25.2. The molecule has 2 rings (SSSR count). The molecule has 0 fully saturated rings. The molecule has 0 aliphatic heterocycles. The number of amides is 2. The maximum Gasteiger partial charge on any atom is 0.434 e. The topological polar surface area (TPSA) is 149 Å². The number of benzene rings is 1. The number of sulfone groups is 1. The van der Waals surface area contributed by atoms with Gasteiger partial charge in [0.2, 0.25) is 0 Å². The molecule has 0 unspecified atom stereocenters. The number of hydrogen-bond acceptors (Lipinski definition) is 7. The minimum atomic E-state index is -5.01. The van der Waals surface area contributed by atoms with Gasteiger partial charge in [-0.1, -0.05) is 0 Å². The highest BCUT2D eigenvalue weighted by Crippen LogP contribution is 2.31. The number of halogens is 4. The summed E-state index contributed by atoms with van der Waals surface area (Å²) in [4.78, 5) is 26.4. The highest BCUT2D eigenvalue weighted by Gasteiger charge is 2.39. The highest BCUT2D eigenvalue weighted by molar-refractivity contribution is 7.91. The van der Waals surface area contributed by atoms with E-state index in [1.165, 1.54) is 13.1 Å². The Bertz CT molecular complexity index is 1250. The van der Waals surface area contributed by atoms with Crippen molar-refractivity contribution in [1.29, 1.82) is 5.26 Å². The number of nitrogens with one attached hydrogen (secondary N) is 2. The minimum Gasteiger partial charge on any atom is -0.379 e. The van der Waals surface area contributed by atoms with Crippen LogP contribution in [-0.4, -0.2) is 48.7 Å². The molecule has 33 heavy (non-hydrogen) atoms. The lowest BCUT2D eigenvalue weighted by molar-refractivity contribution is -0.141. The van der Waals surface area contributed by atoms with E-state index in [0.29, 0.717) is 6.07 Å². The Hall–Kier alpha value is -3.57. The molecule has 0 aliphatic carbocycles. The van der Waals surface area contributed by atoms with Crippen LogP contribution in [0.5, 0.6) is 0 Å². The molecule has 0 spiro atoms. The second-order valence-corrected chi connectivity index (χ2v) is 8.90. The van der Waals surface area contributed by atoms with Crippen LogP contribution in [0.25, 0.3) is 0 Å². The zero-order valence-electron chi connectivity index (χ0n) is 17.0. The first-order valence-electron chi connectivity index (χ1n) is 8.89. The third kappa shape index (κ3) is 5.82. The van der Waals surface area contributed by atoms with Gasteiger partial charge in [-0.3, -0.25) is 9.59 Å². The molecule has 0 saturated carbocycles. The van der Waals surface area contributed by atoms with Crippen LogP contribution >= 0.6 is 0 Å². The first-order valence-corrected chi connectivity index (χ1v) is 10.5. The quantitative estimate of drug-likeness (QED) is 0.523. The van der Waals surface area contributed by atoms with Gasteiger partial charge in [0.1, 0.15) is 17.7 Å². The van der Waals surface area contributed by atoms with E-state index in [0.717, 1.165) is 31.2 Å². The van der Waals surface area contributed by atoms with Gasteiger partial charge in [-0.05, 0) is 37.3 Å². The molecule has 1 aromatic heterocycles. The number of anilines is 1. The average molecular weight is 488 g/mol. The highest BCUT2D eigenvalue weighted by atomic mass is 32.2. The predicted molar refractivity (Wildman–Crippen MR) is 105 cm³/mol. The zero-order valence-corrected chi connectivity index (χ0v) is 17.8. The fourth-order valence-corrected chi connectivity index (χ4v) is 4.21. The van der Waals surface area contributed by atoms with E-state index in [4.69, 9.17) is 5.26 Å². The fourth-order valence-electron chi connectivity index (χ4n) is 2.61. The summed E-state index contributed by atoms with van der Waals surface area (Å²) in [5, 5.41) is 23.2. The molecule has 3 N–H and O–H groups in total. The van der Waals surface area contributed by atoms with Crippen molar-refractivity contribution in [1.82, 2.24) is 10.3 Å². The summed E-state index contributed by atoms with van der Waals surface area (Å²) in [6.45, 7) is 0.781. The number of nitriles is 1. The number of rotatable bonds is 6. The Morgan fingerprint density at radius 3 is 2.36 bits per heavy atom. The number of hydrogen-bond donors (Lipinski definition) is 3. The number of carbonyl (C=O) groups excluding carboxylic acids is 2. The lowest BCUT2D eigenvalue weighted by atomic mass is 10.1. The van der Waals surface area contributed by atoms with E-state index in [-0.39, 0.29) is 0 Å². The molecule has 0 aliphatic rings. The Labute approximate surface area is 185 Å². The van der Waals surface area contributed by atoms with Gasteiger partial charge in [-0.2, -0.15) is 18.4 Å². The van der Waals surface area contributed by atoms with Gasteiger partial charge in [0.25, 0.3) is 11.8 Å². The van der Waals surface area contributed by atoms with E-state index < -0.39 is 72.5 Å². The van der Waals surface area contributed by atoms with E-state index >= 15 is 0 Å². The Morgan fingerprint density at radius 1 is 1.21 bits per heavy atom. The molecular weight excluding hydrogens is 472 g/mol. The largest absolute Gasteiger partial charge is 0.434 e. The monoisotopic (exact) mass is 488 g/mol. The predicted octanol–water partition coefficient (Wildman–Crippen LogP) is 1.63. The second kappa shape index (κ2) is 9.12. The van der Waals surface area contributed by atoms with Gasteiger partial charge in [0, 0.05) is 7.05 Å². The average Bonchev–Trinajstić information content (AvgIpc) is 2.71. The number of alkyl halides is 3. The maximum absolute atomic E-state index is 14.1. The van der Waals surface area contributed by atoms with Crippen molar-refractivity contribution in [2.75, 3.05) is 18.1 Å². The normalized spacial score (nSPS) is 13.5. The molecule has 0 radical (unpaired) electrons. The van der Waals surface area contributed by atoms with Gasteiger partial charge in [0.15, 0.2) is 21.1 Å². The minimum absolute atomic E-state index is 0.437. The van der Waals surface area contributed by atoms with Gasteiger partial charge < -0.3 is 15.7 Å². The first-order chi connectivity index (χ1) is 15.1. The van der Waals surface area contributed by atoms with Crippen molar-refractivity contribution >= 4 is 27.5 Å². The smallest absolute Gasteiger partial charge is 0.379 e. The van der Waals surface area contributed by atoms with Crippen LogP contribution in [-0.2, 0) is 20.8 Å². The van der Waals surface area contributed by atoms with Crippen molar-refractivity contribution in [2.24, 2.45) is 0 Å². The molecule has 2 aromatic rings. The number of pyridine rings is 1. The third-order valence-electron chi connectivity index (χ3n) is 4.26. The standard InChI is InChI=1S/C19H16F4N4O5S/c1-18(30,9-33(31,32)11-4-5-12(13(20)7-11)16(28)25-2)17(29)27-14-6-3-10(8-24)15(26-14)19(21,22)23/h3-7,30H,9H2,1-2H3,(H,25,28)(H,26,27,29)/t18-/m0/s1. The number of nitrogens with zero attached hydrogens (tertiary/aromatic N) is 2. The maximum atomic E-state index is 14.1. The summed E-state index contributed by atoms with van der Waals surface area (Å²) in [5.41, 5.74) is -5.50. The Kier molecular flexibility index (Phi) is 7.10. The number of aliphatic hydroxyl groups is 1. The van der Waals surface area contributed by atoms with Crippen LogP contribution in [0.4, 0.5) is 23.4 Å². The fraction of sp³-hybridized carbons (Fsp3) is 0.263. The van der Waals surface area contributed by atoms with Gasteiger partial charge in [-0.15, -0.1) is 0 Å². The summed E-state index contributed by atoms with van der Waals surface area (Å²) in [6.07, 6.45) is -5.01. The van der Waals surface area contributed by atoms with E-state index in [1.54, 1.807) is 0 Å². The van der Waals surface area contributed by atoms with Crippen molar-refractivity contribution in [3.05, 3.63) is 53.0 Å². The molecule has 9 nitrogen and oxygen atoms in total. The lowest BCUT2D eigenvalue weighted by Crippen LogP contribution is -2.46. The van der Waals surface area contributed by atoms with Crippen LogP contribution in [0.3, 0.4) is 0 Å². The molecule has 176 valence electrons. The molecule has 1 aromatic carbocycles. The summed E-state index contributed by atoms with van der Waals surface area (Å²) in [7, 11) is -3.26. The van der Waals surface area contributed by atoms with E-state index in [9.17, 15) is 40.7 Å². The summed E-state index contributed by atoms with van der Waals surface area (Å²) in [6, 6.07) is 5.24. The van der Waals surface area contributed by atoms with E-state index in [1.807, 2.05) is 5.32 Å². The SMILES string of the molecule is CNC(=O)c1ccc(S(=O)(=O)C[C@](C)(O)C(=O)Nc2ccc(C#N)c(C(F)(F)F)n2)cc1F. The lowest BCUT2D eigenvalue weighted by Gasteiger charge is -2.22. The Morgan fingerprint density at radius 2 is 1.85 bits per heavy atom. The van der Waals surface area contributed by atoms with Gasteiger partial charge >= 0.3 is 6.18 Å². The van der Waals surface area contributed by atoms with Crippen molar-refractivity contribution in [2.45, 2.75) is 23.6 Å². The molecular formula is C19H16F4N4O5S.